The van der Waals surface area contributed by atoms with Gasteiger partial charge in [-0.25, -0.2) is 0 Å². The fraction of sp³-hybridized carbons (Fsp3) is 0.381. The van der Waals surface area contributed by atoms with Gasteiger partial charge in [0.2, 0.25) is 0 Å². The minimum atomic E-state index is -0.535. The van der Waals surface area contributed by atoms with E-state index in [4.69, 9.17) is 16.3 Å². The van der Waals surface area contributed by atoms with Gasteiger partial charge in [0.1, 0.15) is 11.8 Å². The van der Waals surface area contributed by atoms with Crippen molar-refractivity contribution in [2.24, 2.45) is 0 Å². The summed E-state index contributed by atoms with van der Waals surface area (Å²) < 4.78 is 5.25. The van der Waals surface area contributed by atoms with Gasteiger partial charge in [-0.2, -0.15) is 0 Å². The van der Waals surface area contributed by atoms with E-state index in [-0.39, 0.29) is 28.2 Å². The monoisotopic (exact) mass is 418 g/mol. The lowest BCUT2D eigenvalue weighted by Crippen LogP contribution is -3.13. The molecular formula is C21H25ClN3O4+. The number of likely N-dealkylation sites (tertiary alicyclic amines) is 1. The highest BCUT2D eigenvalue weighted by atomic mass is 35.5. The number of piperidine rings is 1. The molecule has 1 aliphatic rings. The maximum absolute atomic E-state index is 12.7. The molecule has 1 atom stereocenters. The maximum atomic E-state index is 12.7. The van der Waals surface area contributed by atoms with Crippen LogP contribution in [0.25, 0.3) is 0 Å². The largest absolute Gasteiger partial charge is 0.497 e. The number of carbonyl (C=O) groups is 1. The Kier molecular flexibility index (Phi) is 7.06. The zero-order valence-corrected chi connectivity index (χ0v) is 17.1. The standard InChI is InChI=1S/C21H24ClN3O4/c1-29-17-8-5-15(6-9-17)20(24-11-3-2-4-12-24)14-23-21(26)18-10-7-16(25(27)28)13-19(18)22/h5-10,13,20H,2-4,11-12,14H2,1H3,(H,23,26)/p+1/t20-/m1/s1. The molecule has 0 spiro atoms. The van der Waals surface area contributed by atoms with Crippen LogP contribution in [-0.4, -0.2) is 37.6 Å². The third-order valence-corrected chi connectivity index (χ3v) is 5.69. The Bertz CT molecular complexity index is 867. The molecule has 7 nitrogen and oxygen atoms in total. The predicted octanol–water partition coefficient (Wildman–Crippen LogP) is 2.80. The molecule has 1 heterocycles. The van der Waals surface area contributed by atoms with Crippen LogP contribution >= 0.6 is 11.6 Å². The van der Waals surface area contributed by atoms with Crippen molar-refractivity contribution in [3.63, 3.8) is 0 Å². The Morgan fingerprint density at radius 1 is 1.21 bits per heavy atom. The first-order chi connectivity index (χ1) is 14.0. The van der Waals surface area contributed by atoms with E-state index in [1.54, 1.807) is 7.11 Å². The van der Waals surface area contributed by atoms with Gasteiger partial charge in [-0.05, 0) is 49.6 Å². The first-order valence-electron chi connectivity index (χ1n) is 9.70. The normalized spacial score (nSPS) is 15.5. The Morgan fingerprint density at radius 2 is 1.90 bits per heavy atom. The van der Waals surface area contributed by atoms with Crippen LogP contribution < -0.4 is 15.0 Å². The molecule has 8 heteroatoms. The zero-order valence-electron chi connectivity index (χ0n) is 16.3. The molecule has 154 valence electrons. The van der Waals surface area contributed by atoms with Gasteiger partial charge < -0.3 is 15.0 Å². The fourth-order valence-electron chi connectivity index (χ4n) is 3.78. The Hall–Kier alpha value is -2.64. The molecule has 2 aromatic rings. The number of nitro benzene ring substituents is 1. The van der Waals surface area contributed by atoms with Gasteiger partial charge in [0, 0.05) is 17.7 Å². The third kappa shape index (κ3) is 5.25. The summed E-state index contributed by atoms with van der Waals surface area (Å²) in [5.74, 6) is 0.461. The number of ether oxygens (including phenoxy) is 1. The first-order valence-corrected chi connectivity index (χ1v) is 10.1. The van der Waals surface area contributed by atoms with E-state index in [0.717, 1.165) is 24.4 Å². The number of nitrogens with one attached hydrogen (secondary N) is 2. The number of halogens is 1. The topological polar surface area (TPSA) is 85.9 Å². The summed E-state index contributed by atoms with van der Waals surface area (Å²) in [6.45, 7) is 2.57. The van der Waals surface area contributed by atoms with E-state index < -0.39 is 4.92 Å². The molecule has 29 heavy (non-hydrogen) atoms. The molecule has 0 radical (unpaired) electrons. The van der Waals surface area contributed by atoms with Crippen molar-refractivity contribution in [1.29, 1.82) is 0 Å². The van der Waals surface area contributed by atoms with Crippen LogP contribution in [0.15, 0.2) is 42.5 Å². The number of methoxy groups -OCH3 is 1. The summed E-state index contributed by atoms with van der Waals surface area (Å²) >= 11 is 6.10. The van der Waals surface area contributed by atoms with Gasteiger partial charge in [0.05, 0.1) is 42.3 Å². The van der Waals surface area contributed by atoms with Crippen LogP contribution in [0.2, 0.25) is 5.02 Å². The summed E-state index contributed by atoms with van der Waals surface area (Å²) in [5, 5.41) is 13.9. The lowest BCUT2D eigenvalue weighted by Gasteiger charge is -2.32. The average molecular weight is 419 g/mol. The Labute approximate surface area is 174 Å². The number of rotatable bonds is 7. The highest BCUT2D eigenvalue weighted by Crippen LogP contribution is 2.23. The van der Waals surface area contributed by atoms with Crippen molar-refractivity contribution >= 4 is 23.2 Å². The number of benzene rings is 2. The third-order valence-electron chi connectivity index (χ3n) is 5.38. The molecule has 0 unspecified atom stereocenters. The first kappa shape index (κ1) is 21.1. The fourth-order valence-corrected chi connectivity index (χ4v) is 4.04. The van der Waals surface area contributed by atoms with Crippen LogP contribution in [0.3, 0.4) is 0 Å². The highest BCUT2D eigenvalue weighted by Gasteiger charge is 2.27. The number of quaternary nitrogens is 1. The minimum Gasteiger partial charge on any atom is -0.497 e. The van der Waals surface area contributed by atoms with Crippen LogP contribution in [0.1, 0.15) is 41.2 Å². The van der Waals surface area contributed by atoms with Crippen LogP contribution in [0.5, 0.6) is 5.75 Å². The van der Waals surface area contributed by atoms with Crippen molar-refractivity contribution in [1.82, 2.24) is 5.32 Å². The van der Waals surface area contributed by atoms with Gasteiger partial charge in [-0.3, -0.25) is 14.9 Å². The molecule has 2 N–H and O–H groups in total. The van der Waals surface area contributed by atoms with E-state index in [0.29, 0.717) is 6.54 Å². The smallest absolute Gasteiger partial charge is 0.270 e. The Balaban J connectivity index is 1.75. The molecule has 0 bridgehead atoms. The van der Waals surface area contributed by atoms with Crippen molar-refractivity contribution in [3.8, 4) is 5.75 Å². The molecule has 0 aromatic heterocycles. The van der Waals surface area contributed by atoms with Gasteiger partial charge in [0.25, 0.3) is 11.6 Å². The van der Waals surface area contributed by atoms with Crippen molar-refractivity contribution in [2.75, 3.05) is 26.7 Å². The second kappa shape index (κ2) is 9.71. The zero-order chi connectivity index (χ0) is 20.8. The SMILES string of the molecule is COc1ccc([C@@H](CNC(=O)c2ccc([N+](=O)[O-])cc2Cl)[NH+]2CCCCC2)cc1. The number of non-ortho nitro benzene ring substituents is 1. The second-order valence-corrected chi connectivity index (χ2v) is 7.58. The number of hydrogen-bond donors (Lipinski definition) is 2. The van der Waals surface area contributed by atoms with Gasteiger partial charge in [-0.1, -0.05) is 11.6 Å². The van der Waals surface area contributed by atoms with Gasteiger partial charge >= 0.3 is 0 Å². The molecule has 3 rings (SSSR count). The Morgan fingerprint density at radius 3 is 2.48 bits per heavy atom. The van der Waals surface area contributed by atoms with Crippen LogP contribution in [-0.2, 0) is 0 Å². The summed E-state index contributed by atoms with van der Waals surface area (Å²) in [4.78, 5) is 24.4. The van der Waals surface area contributed by atoms with E-state index in [2.05, 4.69) is 5.32 Å². The van der Waals surface area contributed by atoms with Gasteiger partial charge in [0.15, 0.2) is 0 Å². The van der Waals surface area contributed by atoms with Crippen molar-refractivity contribution in [2.45, 2.75) is 25.3 Å². The number of nitrogens with zero attached hydrogens (tertiary/aromatic N) is 1. The number of amides is 1. The molecule has 0 aliphatic carbocycles. The van der Waals surface area contributed by atoms with Crippen molar-refractivity contribution < 1.29 is 19.4 Å². The quantitative estimate of drug-likeness (QED) is 0.534. The highest BCUT2D eigenvalue weighted by molar-refractivity contribution is 6.34. The molecular weight excluding hydrogens is 394 g/mol. The second-order valence-electron chi connectivity index (χ2n) is 7.18. The number of hydrogen-bond acceptors (Lipinski definition) is 4. The number of nitro groups is 1. The summed E-state index contributed by atoms with van der Waals surface area (Å²) in [6.07, 6.45) is 3.58. The summed E-state index contributed by atoms with van der Waals surface area (Å²) in [5.41, 5.74) is 1.23. The van der Waals surface area contributed by atoms with E-state index in [1.807, 2.05) is 24.3 Å². The minimum absolute atomic E-state index is 0.0722. The van der Waals surface area contributed by atoms with E-state index in [1.165, 1.54) is 42.4 Å². The molecule has 1 aliphatic heterocycles. The number of carbonyl (C=O) groups excluding carboxylic acids is 1. The molecule has 1 amide bonds. The van der Waals surface area contributed by atoms with E-state index in [9.17, 15) is 14.9 Å². The molecule has 2 aromatic carbocycles. The maximum Gasteiger partial charge on any atom is 0.270 e. The predicted molar refractivity (Wildman–Crippen MR) is 111 cm³/mol. The molecule has 0 saturated carbocycles. The van der Waals surface area contributed by atoms with Gasteiger partial charge in [-0.15, -0.1) is 0 Å². The van der Waals surface area contributed by atoms with E-state index >= 15 is 0 Å². The van der Waals surface area contributed by atoms with Crippen LogP contribution in [0, 0.1) is 10.1 Å². The average Bonchev–Trinajstić information content (AvgIpc) is 2.74. The molecule has 1 saturated heterocycles. The van der Waals surface area contributed by atoms with Crippen molar-refractivity contribution in [3.05, 3.63) is 68.7 Å². The van der Waals surface area contributed by atoms with Crippen LogP contribution in [0.4, 0.5) is 5.69 Å². The molecule has 1 fully saturated rings. The lowest BCUT2D eigenvalue weighted by atomic mass is 10.0. The lowest BCUT2D eigenvalue weighted by molar-refractivity contribution is -0.935. The summed E-state index contributed by atoms with van der Waals surface area (Å²) in [6, 6.07) is 11.9. The summed E-state index contributed by atoms with van der Waals surface area (Å²) in [7, 11) is 1.64.